The van der Waals surface area contributed by atoms with Crippen LogP contribution in [0.2, 0.25) is 0 Å². The largest absolute Gasteiger partial charge is 0.497 e. The summed E-state index contributed by atoms with van der Waals surface area (Å²) < 4.78 is 53.3. The first kappa shape index (κ1) is 15.7. The highest BCUT2D eigenvalue weighted by Crippen LogP contribution is 2.26. The molecular formula is C11H13NO7S2. The number of benzene rings is 1. The second-order valence-electron chi connectivity index (χ2n) is 4.46. The van der Waals surface area contributed by atoms with E-state index < -0.39 is 43.5 Å². The number of hydrogen-bond acceptors (Lipinski definition) is 6. The highest BCUT2D eigenvalue weighted by atomic mass is 32.2. The van der Waals surface area contributed by atoms with Crippen LogP contribution in [0.4, 0.5) is 0 Å². The van der Waals surface area contributed by atoms with E-state index in [1.165, 1.54) is 31.4 Å². The molecule has 1 aromatic rings. The van der Waals surface area contributed by atoms with Crippen LogP contribution in [0.25, 0.3) is 0 Å². The molecule has 1 aromatic carbocycles. The van der Waals surface area contributed by atoms with E-state index in [1.807, 2.05) is 0 Å². The Balaban J connectivity index is 2.44. The lowest BCUT2D eigenvalue weighted by atomic mass is 10.3. The Morgan fingerprint density at radius 3 is 2.38 bits per heavy atom. The van der Waals surface area contributed by atoms with Crippen molar-refractivity contribution in [2.45, 2.75) is 10.9 Å². The zero-order valence-electron chi connectivity index (χ0n) is 11.0. The topological polar surface area (TPSA) is 118 Å². The van der Waals surface area contributed by atoms with Gasteiger partial charge in [-0.3, -0.25) is 4.79 Å². The van der Waals surface area contributed by atoms with Crippen molar-refractivity contribution in [3.8, 4) is 5.75 Å². The molecule has 0 spiro atoms. The lowest BCUT2D eigenvalue weighted by molar-refractivity contribution is -0.140. The zero-order chi connectivity index (χ0) is 15.8. The number of sulfonamides is 1. The van der Waals surface area contributed by atoms with Crippen LogP contribution in [0.3, 0.4) is 0 Å². The summed E-state index contributed by atoms with van der Waals surface area (Å²) in [5.41, 5.74) is 0. The summed E-state index contributed by atoms with van der Waals surface area (Å²) in [6.45, 7) is 0. The number of carbonyl (C=O) groups is 1. The number of rotatable bonds is 4. The van der Waals surface area contributed by atoms with Gasteiger partial charge in [0.15, 0.2) is 9.84 Å². The number of carboxylic acid groups (broad SMARTS) is 1. The van der Waals surface area contributed by atoms with Gasteiger partial charge in [0, 0.05) is 0 Å². The maximum absolute atomic E-state index is 12.4. The molecule has 0 aromatic heterocycles. The van der Waals surface area contributed by atoms with Crippen molar-refractivity contribution in [2.24, 2.45) is 0 Å². The fourth-order valence-corrected chi connectivity index (χ4v) is 5.83. The van der Waals surface area contributed by atoms with E-state index in [9.17, 15) is 21.6 Å². The first-order chi connectivity index (χ1) is 9.67. The number of hydrogen-bond donors (Lipinski definition) is 1. The molecule has 2 rings (SSSR count). The highest BCUT2D eigenvalue weighted by Gasteiger charge is 2.46. The second-order valence-corrected chi connectivity index (χ2v) is 8.43. The summed E-state index contributed by atoms with van der Waals surface area (Å²) >= 11 is 0. The molecule has 1 aliphatic rings. The van der Waals surface area contributed by atoms with Crippen molar-refractivity contribution < 1.29 is 31.5 Å². The van der Waals surface area contributed by atoms with Crippen LogP contribution in [-0.4, -0.2) is 57.0 Å². The van der Waals surface area contributed by atoms with Gasteiger partial charge in [0.25, 0.3) is 0 Å². The van der Waals surface area contributed by atoms with Crippen molar-refractivity contribution in [3.05, 3.63) is 24.3 Å². The minimum atomic E-state index is -4.21. The zero-order valence-corrected chi connectivity index (χ0v) is 12.6. The molecule has 1 saturated heterocycles. The normalized spacial score (nSPS) is 22.0. The quantitative estimate of drug-likeness (QED) is 0.790. The van der Waals surface area contributed by atoms with Crippen molar-refractivity contribution >= 4 is 25.8 Å². The van der Waals surface area contributed by atoms with Gasteiger partial charge in [-0.15, -0.1) is 0 Å². The molecule has 1 N–H and O–H groups in total. The first-order valence-corrected chi connectivity index (χ1v) is 9.02. The molecule has 116 valence electrons. The van der Waals surface area contributed by atoms with Gasteiger partial charge >= 0.3 is 5.97 Å². The van der Waals surface area contributed by atoms with Crippen LogP contribution in [0.5, 0.6) is 5.75 Å². The average molecular weight is 335 g/mol. The van der Waals surface area contributed by atoms with Crippen LogP contribution in [0.15, 0.2) is 29.2 Å². The lowest BCUT2D eigenvalue weighted by Crippen LogP contribution is -2.41. The van der Waals surface area contributed by atoms with Gasteiger partial charge in [-0.05, 0) is 24.3 Å². The van der Waals surface area contributed by atoms with E-state index in [0.29, 0.717) is 10.1 Å². The standard InChI is InChI=1S/C11H13NO7S2/c1-19-8-2-4-9(5-3-8)21(17,18)12-7-20(15,16)6-10(12)11(13)14/h2-5,10H,6-7H2,1H3,(H,13,14)/t10-/m0/s1. The van der Waals surface area contributed by atoms with E-state index in [-0.39, 0.29) is 4.90 Å². The van der Waals surface area contributed by atoms with E-state index in [4.69, 9.17) is 9.84 Å². The average Bonchev–Trinajstić information content (AvgIpc) is 2.76. The summed E-state index contributed by atoms with van der Waals surface area (Å²) in [6, 6.07) is 3.65. The van der Waals surface area contributed by atoms with Gasteiger partial charge < -0.3 is 9.84 Å². The maximum atomic E-state index is 12.4. The van der Waals surface area contributed by atoms with Gasteiger partial charge in [-0.1, -0.05) is 0 Å². The Labute approximate surface area is 121 Å². The van der Waals surface area contributed by atoms with Gasteiger partial charge in [-0.2, -0.15) is 4.31 Å². The van der Waals surface area contributed by atoms with Gasteiger partial charge in [0.2, 0.25) is 10.0 Å². The molecule has 21 heavy (non-hydrogen) atoms. The van der Waals surface area contributed by atoms with Crippen LogP contribution >= 0.6 is 0 Å². The monoisotopic (exact) mass is 335 g/mol. The van der Waals surface area contributed by atoms with Crippen molar-refractivity contribution in [3.63, 3.8) is 0 Å². The molecule has 1 fully saturated rings. The number of ether oxygens (including phenoxy) is 1. The van der Waals surface area contributed by atoms with E-state index in [2.05, 4.69) is 0 Å². The maximum Gasteiger partial charge on any atom is 0.323 e. The minimum Gasteiger partial charge on any atom is -0.497 e. The molecule has 1 heterocycles. The van der Waals surface area contributed by atoms with Gasteiger partial charge in [0.1, 0.15) is 17.7 Å². The third-order valence-corrected chi connectivity index (χ3v) is 6.56. The summed E-state index contributed by atoms with van der Waals surface area (Å²) in [7, 11) is -6.55. The smallest absolute Gasteiger partial charge is 0.323 e. The number of methoxy groups -OCH3 is 1. The van der Waals surface area contributed by atoms with Crippen molar-refractivity contribution in [2.75, 3.05) is 18.7 Å². The third-order valence-electron chi connectivity index (χ3n) is 3.03. The molecule has 1 aliphatic heterocycles. The lowest BCUT2D eigenvalue weighted by Gasteiger charge is -2.19. The summed E-state index contributed by atoms with van der Waals surface area (Å²) in [4.78, 5) is 10.9. The molecule has 0 amide bonds. The molecule has 8 nitrogen and oxygen atoms in total. The van der Waals surface area contributed by atoms with Crippen LogP contribution in [-0.2, 0) is 24.7 Å². The SMILES string of the molecule is COc1ccc(S(=O)(=O)N2CS(=O)(=O)C[C@H]2C(=O)O)cc1. The molecule has 1 atom stereocenters. The molecule has 0 unspecified atom stereocenters. The molecular weight excluding hydrogens is 322 g/mol. The Morgan fingerprint density at radius 1 is 1.33 bits per heavy atom. The molecule has 0 radical (unpaired) electrons. The van der Waals surface area contributed by atoms with E-state index in [0.717, 1.165) is 0 Å². The Morgan fingerprint density at radius 2 is 1.90 bits per heavy atom. The second kappa shape index (κ2) is 5.28. The Bertz CT molecular complexity index is 752. The van der Waals surface area contributed by atoms with Crippen LogP contribution in [0, 0.1) is 0 Å². The number of nitrogens with zero attached hydrogens (tertiary/aromatic N) is 1. The van der Waals surface area contributed by atoms with Crippen molar-refractivity contribution in [1.29, 1.82) is 0 Å². The van der Waals surface area contributed by atoms with E-state index >= 15 is 0 Å². The molecule has 0 aliphatic carbocycles. The Kier molecular flexibility index (Phi) is 3.95. The number of carboxylic acids is 1. The predicted octanol–water partition coefficient (Wildman–Crippen LogP) is -0.475. The first-order valence-electron chi connectivity index (χ1n) is 5.76. The molecule has 10 heteroatoms. The molecule has 0 saturated carbocycles. The summed E-state index contributed by atoms with van der Waals surface area (Å²) in [5.74, 6) is -2.62. The predicted molar refractivity (Wildman–Crippen MR) is 72.1 cm³/mol. The fourth-order valence-electron chi connectivity index (χ4n) is 1.97. The number of sulfone groups is 1. The summed E-state index contributed by atoms with van der Waals surface area (Å²) in [5, 5.41) is 9.02. The van der Waals surface area contributed by atoms with Crippen molar-refractivity contribution in [1.82, 2.24) is 4.31 Å². The van der Waals surface area contributed by atoms with Gasteiger partial charge in [0.05, 0.1) is 17.8 Å². The van der Waals surface area contributed by atoms with Crippen LogP contribution in [0.1, 0.15) is 0 Å². The van der Waals surface area contributed by atoms with Gasteiger partial charge in [-0.25, -0.2) is 16.8 Å². The molecule has 0 bridgehead atoms. The fraction of sp³-hybridized carbons (Fsp3) is 0.364. The summed E-state index contributed by atoms with van der Waals surface area (Å²) in [6.07, 6.45) is 0. The number of aliphatic carboxylic acids is 1. The highest BCUT2D eigenvalue weighted by molar-refractivity contribution is 7.94. The third kappa shape index (κ3) is 3.01. The van der Waals surface area contributed by atoms with Crippen LogP contribution < -0.4 is 4.74 Å². The Hall–Kier alpha value is -1.65. The van der Waals surface area contributed by atoms with E-state index in [1.54, 1.807) is 0 Å². The minimum absolute atomic E-state index is 0.188.